The molecule has 3 amide bonds. The van der Waals surface area contributed by atoms with Gasteiger partial charge in [-0.25, -0.2) is 4.79 Å². The molecule has 1 aromatic rings. The van der Waals surface area contributed by atoms with Crippen LogP contribution in [-0.4, -0.2) is 60.4 Å². The van der Waals surface area contributed by atoms with E-state index in [9.17, 15) is 9.59 Å². The zero-order valence-corrected chi connectivity index (χ0v) is 18.2. The van der Waals surface area contributed by atoms with Gasteiger partial charge in [-0.15, -0.1) is 15.8 Å². The smallest absolute Gasteiger partial charge is 0.324 e. The number of carbonyl (C=O) groups excluding carboxylic acids is 2. The fourth-order valence-electron chi connectivity index (χ4n) is 3.13. The number of nitrogens with zero attached hydrogens (tertiary/aromatic N) is 2. The van der Waals surface area contributed by atoms with E-state index in [0.717, 1.165) is 19.4 Å². The lowest BCUT2D eigenvalue weighted by Crippen LogP contribution is -2.40. The Morgan fingerprint density at radius 1 is 1.28 bits per heavy atom. The summed E-state index contributed by atoms with van der Waals surface area (Å²) in [5.74, 6) is -0.134. The highest BCUT2D eigenvalue weighted by Gasteiger charge is 2.29. The van der Waals surface area contributed by atoms with Crippen molar-refractivity contribution in [2.45, 2.75) is 26.0 Å². The van der Waals surface area contributed by atoms with Gasteiger partial charge in [-0.2, -0.15) is 0 Å². The Hall–Kier alpha value is -1.50. The standard InChI is InChI=1S/C17H22ClN5O4S2/c1-10-13(18)14(16(24)22-4-7-26-8-5-22)28-15(10)21-17(25)20-11-9-19-23(29-11)12-3-2-6-27-12/h9,12,19H,2-8H2,1H3,(H2,20,21,25). The van der Waals surface area contributed by atoms with Gasteiger partial charge in [0, 0.05) is 43.4 Å². The molecule has 1 aromatic heterocycles. The lowest BCUT2D eigenvalue weighted by atomic mass is 10.3. The summed E-state index contributed by atoms with van der Waals surface area (Å²) in [6, 6.07) is -0.397. The lowest BCUT2D eigenvalue weighted by Gasteiger charge is -2.26. The van der Waals surface area contributed by atoms with E-state index in [0.29, 0.717) is 51.8 Å². The largest absolute Gasteiger partial charge is 0.378 e. The summed E-state index contributed by atoms with van der Waals surface area (Å²) < 4.78 is 12.8. The number of ether oxygens (including phenoxy) is 2. The summed E-state index contributed by atoms with van der Waals surface area (Å²) >= 11 is 8.95. The van der Waals surface area contributed by atoms with Gasteiger partial charge in [0.1, 0.15) is 21.1 Å². The quantitative estimate of drug-likeness (QED) is 0.596. The summed E-state index contributed by atoms with van der Waals surface area (Å²) in [6.45, 7) is 4.64. The summed E-state index contributed by atoms with van der Waals surface area (Å²) in [7, 11) is 0. The van der Waals surface area contributed by atoms with Gasteiger partial charge in [0.2, 0.25) is 0 Å². The Labute approximate surface area is 181 Å². The van der Waals surface area contributed by atoms with Crippen molar-refractivity contribution in [3.63, 3.8) is 0 Å². The Bertz CT molecular complexity index is 821. The predicted molar refractivity (Wildman–Crippen MR) is 113 cm³/mol. The molecule has 29 heavy (non-hydrogen) atoms. The van der Waals surface area contributed by atoms with Crippen LogP contribution >= 0.6 is 34.9 Å². The van der Waals surface area contributed by atoms with Crippen molar-refractivity contribution in [1.29, 1.82) is 0 Å². The maximum atomic E-state index is 12.7. The van der Waals surface area contributed by atoms with Crippen LogP contribution in [0.3, 0.4) is 0 Å². The number of halogens is 1. The number of amides is 3. The van der Waals surface area contributed by atoms with Crippen molar-refractivity contribution >= 4 is 51.8 Å². The zero-order valence-electron chi connectivity index (χ0n) is 15.8. The third-order valence-electron chi connectivity index (χ3n) is 4.72. The molecular formula is C17H22ClN5O4S2. The molecule has 3 aliphatic rings. The van der Waals surface area contributed by atoms with E-state index in [1.165, 1.54) is 23.3 Å². The molecule has 0 aliphatic carbocycles. The highest BCUT2D eigenvalue weighted by molar-refractivity contribution is 8.01. The van der Waals surface area contributed by atoms with Gasteiger partial charge in [0.25, 0.3) is 5.91 Å². The van der Waals surface area contributed by atoms with E-state index >= 15 is 0 Å². The maximum absolute atomic E-state index is 12.7. The Kier molecular flexibility index (Phi) is 6.52. The van der Waals surface area contributed by atoms with Gasteiger partial charge < -0.3 is 19.8 Å². The number of carbonyl (C=O) groups is 2. The first-order valence-corrected chi connectivity index (χ1v) is 11.3. The molecule has 1 unspecified atom stereocenters. The van der Waals surface area contributed by atoms with Crippen LogP contribution in [-0.2, 0) is 9.47 Å². The molecule has 0 saturated carbocycles. The fraction of sp³-hybridized carbons (Fsp3) is 0.529. The molecular weight excluding hydrogens is 438 g/mol. The topological polar surface area (TPSA) is 95.2 Å². The number of morpholine rings is 1. The van der Waals surface area contributed by atoms with E-state index < -0.39 is 6.03 Å². The van der Waals surface area contributed by atoms with Crippen LogP contribution in [0.25, 0.3) is 0 Å². The van der Waals surface area contributed by atoms with Crippen LogP contribution in [0, 0.1) is 6.92 Å². The molecule has 4 rings (SSSR count). The summed E-state index contributed by atoms with van der Waals surface area (Å²) in [5.41, 5.74) is 3.76. The molecule has 9 nitrogen and oxygen atoms in total. The second-order valence-corrected chi connectivity index (χ2v) is 9.12. The van der Waals surface area contributed by atoms with Gasteiger partial charge in [0.05, 0.1) is 18.2 Å². The van der Waals surface area contributed by atoms with Gasteiger partial charge in [-0.3, -0.25) is 15.4 Å². The Morgan fingerprint density at radius 2 is 2.07 bits per heavy atom. The van der Waals surface area contributed by atoms with Crippen molar-refractivity contribution in [3.05, 3.63) is 26.7 Å². The van der Waals surface area contributed by atoms with Crippen LogP contribution in [0.15, 0.2) is 11.2 Å². The normalized spacial score (nSPS) is 22.3. The van der Waals surface area contributed by atoms with Crippen LogP contribution in [0.5, 0.6) is 0 Å². The highest BCUT2D eigenvalue weighted by Crippen LogP contribution is 2.37. The molecule has 3 aliphatic heterocycles. The monoisotopic (exact) mass is 459 g/mol. The van der Waals surface area contributed by atoms with Crippen molar-refractivity contribution < 1.29 is 19.1 Å². The van der Waals surface area contributed by atoms with Crippen LogP contribution in [0.1, 0.15) is 28.1 Å². The lowest BCUT2D eigenvalue weighted by molar-refractivity contribution is 0.0208. The number of rotatable bonds is 4. The van der Waals surface area contributed by atoms with Gasteiger partial charge in [-0.05, 0) is 19.8 Å². The number of urea groups is 1. The van der Waals surface area contributed by atoms with Crippen molar-refractivity contribution in [2.75, 3.05) is 38.2 Å². The first kappa shape index (κ1) is 20.8. The second-order valence-electron chi connectivity index (χ2n) is 6.71. The van der Waals surface area contributed by atoms with E-state index in [1.54, 1.807) is 18.0 Å². The minimum Gasteiger partial charge on any atom is -0.378 e. The third-order valence-corrected chi connectivity index (χ3v) is 7.45. The first-order chi connectivity index (χ1) is 14.0. The van der Waals surface area contributed by atoms with Crippen molar-refractivity contribution in [1.82, 2.24) is 20.1 Å². The Morgan fingerprint density at radius 3 is 2.79 bits per heavy atom. The molecule has 0 radical (unpaired) electrons. The van der Waals surface area contributed by atoms with Crippen LogP contribution in [0.2, 0.25) is 5.02 Å². The minimum atomic E-state index is -0.397. The van der Waals surface area contributed by atoms with E-state index in [-0.39, 0.29) is 12.1 Å². The molecule has 0 spiro atoms. The molecule has 158 valence electrons. The molecule has 4 heterocycles. The number of nitrogens with one attached hydrogen (secondary N) is 3. The summed E-state index contributed by atoms with van der Waals surface area (Å²) in [5, 5.41) is 7.18. The third kappa shape index (κ3) is 4.65. The van der Waals surface area contributed by atoms with Crippen LogP contribution in [0.4, 0.5) is 9.80 Å². The first-order valence-electron chi connectivity index (χ1n) is 9.32. The van der Waals surface area contributed by atoms with E-state index in [4.69, 9.17) is 21.1 Å². The van der Waals surface area contributed by atoms with Gasteiger partial charge in [0.15, 0.2) is 0 Å². The van der Waals surface area contributed by atoms with Crippen molar-refractivity contribution in [2.24, 2.45) is 0 Å². The summed E-state index contributed by atoms with van der Waals surface area (Å²) in [4.78, 5) is 27.3. The molecule has 12 heteroatoms. The molecule has 1 atom stereocenters. The molecule has 0 aromatic carbocycles. The predicted octanol–water partition coefficient (Wildman–Crippen LogP) is 2.71. The van der Waals surface area contributed by atoms with E-state index in [1.807, 2.05) is 4.41 Å². The number of hydrazine groups is 1. The van der Waals surface area contributed by atoms with Gasteiger partial charge in [-0.1, -0.05) is 11.6 Å². The van der Waals surface area contributed by atoms with Crippen molar-refractivity contribution in [3.8, 4) is 0 Å². The average Bonchev–Trinajstić information content (AvgIpc) is 3.46. The molecule has 2 fully saturated rings. The average molecular weight is 460 g/mol. The maximum Gasteiger partial charge on any atom is 0.324 e. The van der Waals surface area contributed by atoms with E-state index in [2.05, 4.69) is 16.1 Å². The number of hydrogen-bond acceptors (Lipinski definition) is 8. The minimum absolute atomic E-state index is 0.00860. The molecule has 2 saturated heterocycles. The zero-order chi connectivity index (χ0) is 20.4. The number of anilines is 1. The van der Waals surface area contributed by atoms with Gasteiger partial charge >= 0.3 is 6.03 Å². The number of hydrogen-bond donors (Lipinski definition) is 3. The second kappa shape index (κ2) is 9.11. The fourth-order valence-corrected chi connectivity index (χ4v) is 5.39. The molecule has 3 N–H and O–H groups in total. The van der Waals surface area contributed by atoms with Crippen LogP contribution < -0.4 is 16.1 Å². The SMILES string of the molecule is Cc1c(NC(=O)NC2=CNN(C3CCCO3)S2)sc(C(=O)N2CCOCC2)c1Cl. The summed E-state index contributed by atoms with van der Waals surface area (Å²) in [6.07, 6.45) is 3.68. The Balaban J connectivity index is 1.35. The number of thiophene rings is 1. The highest BCUT2D eigenvalue weighted by atomic mass is 35.5. The molecule has 0 bridgehead atoms.